The first-order valence-electron chi connectivity index (χ1n) is 4.65. The van der Waals surface area contributed by atoms with Crippen molar-refractivity contribution in [3.63, 3.8) is 0 Å². The third kappa shape index (κ3) is 2.41. The predicted octanol–water partition coefficient (Wildman–Crippen LogP) is 2.26. The van der Waals surface area contributed by atoms with Gasteiger partial charge in [-0.2, -0.15) is 0 Å². The fourth-order valence-corrected chi connectivity index (χ4v) is 2.28. The lowest BCUT2D eigenvalue weighted by Crippen LogP contribution is -2.39. The molecule has 0 saturated carbocycles. The van der Waals surface area contributed by atoms with E-state index in [0.29, 0.717) is 0 Å². The van der Waals surface area contributed by atoms with E-state index in [9.17, 15) is 0 Å². The number of hydrogen-bond acceptors (Lipinski definition) is 2. The Hall–Kier alpha value is -0.180. The molecule has 0 aromatic rings. The van der Waals surface area contributed by atoms with E-state index in [4.69, 9.17) is 0 Å². The normalized spacial score (nSPS) is 32.4. The Labute approximate surface area is 79.2 Å². The average Bonchev–Trinajstić information content (AvgIpc) is 2.45. The third-order valence-corrected chi connectivity index (χ3v) is 3.48. The monoisotopic (exact) mass is 186 g/mol. The summed E-state index contributed by atoms with van der Waals surface area (Å²) in [6.07, 6.45) is 2.31. The molecule has 1 atom stereocenters. The van der Waals surface area contributed by atoms with Crippen LogP contribution in [0.1, 0.15) is 33.6 Å². The smallest absolute Gasteiger partial charge is 0.157 e. The van der Waals surface area contributed by atoms with Gasteiger partial charge in [0.05, 0.1) is 0 Å². The summed E-state index contributed by atoms with van der Waals surface area (Å²) in [6, 6.07) is 0. The van der Waals surface area contributed by atoms with Crippen molar-refractivity contribution >= 4 is 16.9 Å². The van der Waals surface area contributed by atoms with Gasteiger partial charge in [-0.1, -0.05) is 25.6 Å². The van der Waals surface area contributed by atoms with E-state index in [2.05, 4.69) is 31.1 Å². The van der Waals surface area contributed by atoms with Gasteiger partial charge in [-0.05, 0) is 19.8 Å². The van der Waals surface area contributed by atoms with Gasteiger partial charge in [0.2, 0.25) is 0 Å². The first-order valence-corrected chi connectivity index (χ1v) is 5.64. The van der Waals surface area contributed by atoms with Gasteiger partial charge in [0.15, 0.2) is 5.17 Å². The maximum atomic E-state index is 4.45. The molecule has 1 N–H and O–H groups in total. The number of thioether (sulfide) groups is 1. The molecule has 0 aromatic heterocycles. The van der Waals surface area contributed by atoms with Gasteiger partial charge >= 0.3 is 0 Å². The molecule has 0 spiro atoms. The van der Waals surface area contributed by atoms with E-state index in [-0.39, 0.29) is 5.54 Å². The molecular weight excluding hydrogens is 168 g/mol. The highest BCUT2D eigenvalue weighted by Crippen LogP contribution is 2.25. The number of aliphatic imine (C=N–C) groups is 1. The van der Waals surface area contributed by atoms with E-state index in [1.807, 2.05) is 11.8 Å². The molecule has 1 aliphatic rings. The lowest BCUT2D eigenvalue weighted by atomic mass is 10.0. The van der Waals surface area contributed by atoms with E-state index in [0.717, 1.165) is 23.9 Å². The summed E-state index contributed by atoms with van der Waals surface area (Å²) in [4.78, 5) is 4.45. The molecule has 12 heavy (non-hydrogen) atoms. The summed E-state index contributed by atoms with van der Waals surface area (Å²) in [5.74, 6) is 1.16. The van der Waals surface area contributed by atoms with Crippen molar-refractivity contribution < 1.29 is 0 Å². The average molecular weight is 186 g/mol. The zero-order valence-corrected chi connectivity index (χ0v) is 9.00. The SMILES string of the molecule is CCCN=C1NC(C)(CC)CS1. The molecule has 1 rings (SSSR count). The van der Waals surface area contributed by atoms with E-state index in [1.165, 1.54) is 6.42 Å². The van der Waals surface area contributed by atoms with E-state index in [1.54, 1.807) is 0 Å². The van der Waals surface area contributed by atoms with Crippen molar-refractivity contribution in [3.8, 4) is 0 Å². The molecular formula is C9H18N2S. The molecule has 0 bridgehead atoms. The Morgan fingerprint density at radius 1 is 1.58 bits per heavy atom. The molecule has 1 aliphatic heterocycles. The predicted molar refractivity (Wildman–Crippen MR) is 56.9 cm³/mol. The van der Waals surface area contributed by atoms with Crippen molar-refractivity contribution in [2.24, 2.45) is 4.99 Å². The molecule has 0 aromatic carbocycles. The van der Waals surface area contributed by atoms with E-state index >= 15 is 0 Å². The Kier molecular flexibility index (Phi) is 3.44. The topological polar surface area (TPSA) is 24.4 Å². The second kappa shape index (κ2) is 4.17. The van der Waals surface area contributed by atoms with Crippen LogP contribution in [0.5, 0.6) is 0 Å². The van der Waals surface area contributed by atoms with Crippen LogP contribution in [-0.2, 0) is 0 Å². The maximum absolute atomic E-state index is 4.45. The maximum Gasteiger partial charge on any atom is 0.157 e. The van der Waals surface area contributed by atoms with Crippen molar-refractivity contribution in [2.75, 3.05) is 12.3 Å². The van der Waals surface area contributed by atoms with Crippen LogP contribution in [0.3, 0.4) is 0 Å². The van der Waals surface area contributed by atoms with Crippen molar-refractivity contribution in [1.82, 2.24) is 5.32 Å². The molecule has 1 saturated heterocycles. The number of hydrogen-bond donors (Lipinski definition) is 1. The van der Waals surface area contributed by atoms with Crippen LogP contribution in [0.25, 0.3) is 0 Å². The van der Waals surface area contributed by atoms with Crippen molar-refractivity contribution in [3.05, 3.63) is 0 Å². The molecule has 0 aliphatic carbocycles. The molecule has 1 unspecified atom stereocenters. The van der Waals surface area contributed by atoms with E-state index < -0.39 is 0 Å². The Bertz CT molecular complexity index is 179. The zero-order chi connectivity index (χ0) is 9.03. The molecule has 0 amide bonds. The molecule has 70 valence electrons. The Morgan fingerprint density at radius 2 is 2.33 bits per heavy atom. The second-order valence-electron chi connectivity index (χ2n) is 3.51. The van der Waals surface area contributed by atoms with Crippen LogP contribution in [0, 0.1) is 0 Å². The van der Waals surface area contributed by atoms with Crippen molar-refractivity contribution in [2.45, 2.75) is 39.2 Å². The standard InChI is InChI=1S/C9H18N2S/c1-4-6-10-8-11-9(3,5-2)7-12-8/h4-7H2,1-3H3,(H,10,11). The highest BCUT2D eigenvalue weighted by atomic mass is 32.2. The molecule has 1 heterocycles. The first-order chi connectivity index (χ1) is 5.70. The first kappa shape index (κ1) is 9.90. The lowest BCUT2D eigenvalue weighted by molar-refractivity contribution is 0.466. The van der Waals surface area contributed by atoms with Gasteiger partial charge in [0.25, 0.3) is 0 Å². The fraction of sp³-hybridized carbons (Fsp3) is 0.889. The number of nitrogens with one attached hydrogen (secondary N) is 1. The number of rotatable bonds is 3. The Balaban J connectivity index is 2.44. The molecule has 3 heteroatoms. The van der Waals surface area contributed by atoms with Crippen molar-refractivity contribution in [1.29, 1.82) is 0 Å². The number of amidine groups is 1. The largest absolute Gasteiger partial charge is 0.359 e. The molecule has 2 nitrogen and oxygen atoms in total. The van der Waals surface area contributed by atoms with Crippen LogP contribution in [-0.4, -0.2) is 23.0 Å². The zero-order valence-electron chi connectivity index (χ0n) is 8.18. The minimum Gasteiger partial charge on any atom is -0.359 e. The van der Waals surface area contributed by atoms with Crippen LogP contribution in [0.15, 0.2) is 4.99 Å². The number of nitrogens with zero attached hydrogens (tertiary/aromatic N) is 1. The van der Waals surface area contributed by atoms with Crippen LogP contribution in [0.4, 0.5) is 0 Å². The molecule has 1 fully saturated rings. The van der Waals surface area contributed by atoms with Crippen LogP contribution < -0.4 is 5.32 Å². The summed E-state index contributed by atoms with van der Waals surface area (Å²) < 4.78 is 0. The summed E-state index contributed by atoms with van der Waals surface area (Å²) >= 11 is 1.85. The van der Waals surface area contributed by atoms with Gasteiger partial charge in [-0.15, -0.1) is 0 Å². The minimum atomic E-state index is 0.289. The van der Waals surface area contributed by atoms with Crippen LogP contribution >= 0.6 is 11.8 Å². The highest BCUT2D eigenvalue weighted by Gasteiger charge is 2.30. The van der Waals surface area contributed by atoms with Gasteiger partial charge in [-0.3, -0.25) is 4.99 Å². The summed E-state index contributed by atoms with van der Waals surface area (Å²) in [6.45, 7) is 7.59. The summed E-state index contributed by atoms with van der Waals surface area (Å²) in [5, 5.41) is 4.60. The van der Waals surface area contributed by atoms with Gasteiger partial charge in [0, 0.05) is 17.8 Å². The molecule has 0 radical (unpaired) electrons. The second-order valence-corrected chi connectivity index (χ2v) is 4.48. The highest BCUT2D eigenvalue weighted by molar-refractivity contribution is 8.14. The van der Waals surface area contributed by atoms with Gasteiger partial charge < -0.3 is 5.32 Å². The van der Waals surface area contributed by atoms with Gasteiger partial charge in [0.1, 0.15) is 0 Å². The quantitative estimate of drug-likeness (QED) is 0.731. The van der Waals surface area contributed by atoms with Crippen LogP contribution in [0.2, 0.25) is 0 Å². The lowest BCUT2D eigenvalue weighted by Gasteiger charge is -2.20. The third-order valence-electron chi connectivity index (χ3n) is 2.20. The summed E-state index contributed by atoms with van der Waals surface area (Å²) in [7, 11) is 0. The Morgan fingerprint density at radius 3 is 2.83 bits per heavy atom. The minimum absolute atomic E-state index is 0.289. The fourth-order valence-electron chi connectivity index (χ4n) is 1.05. The summed E-state index contributed by atoms with van der Waals surface area (Å²) in [5.41, 5.74) is 0.289. The van der Waals surface area contributed by atoms with Gasteiger partial charge in [-0.25, -0.2) is 0 Å².